The van der Waals surface area contributed by atoms with Gasteiger partial charge in [0.15, 0.2) is 0 Å². The molecule has 24 heavy (non-hydrogen) atoms. The molecule has 1 aliphatic rings. The van der Waals surface area contributed by atoms with E-state index >= 15 is 0 Å². The number of quaternary nitrogens is 1. The molecule has 120 valence electrons. The first kappa shape index (κ1) is 15.9. The first-order chi connectivity index (χ1) is 11.6. The number of nitrogens with zero attached hydrogens (tertiary/aromatic N) is 1. The van der Waals surface area contributed by atoms with E-state index in [-0.39, 0.29) is 6.54 Å². The summed E-state index contributed by atoms with van der Waals surface area (Å²) in [5.74, 6) is -0.425. The number of carbonyl (C=O) groups excluding carboxylic acids is 1. The van der Waals surface area contributed by atoms with Gasteiger partial charge in [-0.1, -0.05) is 54.6 Å². The normalized spacial score (nSPS) is 19.4. The topological polar surface area (TPSA) is 54.4 Å². The van der Waals surface area contributed by atoms with Crippen LogP contribution in [0.4, 0.5) is 4.79 Å². The lowest BCUT2D eigenvalue weighted by Gasteiger charge is -2.26. The van der Waals surface area contributed by atoms with Crippen molar-refractivity contribution in [2.75, 3.05) is 6.54 Å². The Kier molecular flexibility index (Phi) is 4.40. The van der Waals surface area contributed by atoms with Crippen LogP contribution in [0.5, 0.6) is 0 Å². The van der Waals surface area contributed by atoms with Gasteiger partial charge in [0, 0.05) is 12.5 Å². The molecular weight excluding hydrogens is 302 g/mol. The molecule has 2 aromatic rings. The minimum atomic E-state index is -1.15. The zero-order valence-corrected chi connectivity index (χ0v) is 13.1. The van der Waals surface area contributed by atoms with E-state index < -0.39 is 16.5 Å². The van der Waals surface area contributed by atoms with E-state index in [0.29, 0.717) is 6.42 Å². The second-order valence-electron chi connectivity index (χ2n) is 5.73. The molecule has 2 amide bonds. The average molecular weight is 320 g/mol. The standard InChI is InChI=1S/C20H17NO3/c22-19-8-4-5-14-21(19,20(23)24)15-13-16-9-11-18(12-10-16)17-6-2-1-3-7-17/h1-12,14H,13,15H2/p+1. The fourth-order valence-corrected chi connectivity index (χ4v) is 2.78. The molecule has 0 spiro atoms. The third-order valence-electron chi connectivity index (χ3n) is 4.24. The van der Waals surface area contributed by atoms with Crippen molar-refractivity contribution in [3.05, 3.63) is 84.6 Å². The van der Waals surface area contributed by atoms with Gasteiger partial charge in [0.1, 0.15) is 12.7 Å². The van der Waals surface area contributed by atoms with E-state index in [9.17, 15) is 14.7 Å². The summed E-state index contributed by atoms with van der Waals surface area (Å²) in [7, 11) is 0. The highest BCUT2D eigenvalue weighted by Gasteiger charge is 2.42. The summed E-state index contributed by atoms with van der Waals surface area (Å²) in [5, 5.41) is 9.50. The molecule has 1 atom stereocenters. The summed E-state index contributed by atoms with van der Waals surface area (Å²) in [6, 6.07) is 18.0. The van der Waals surface area contributed by atoms with Gasteiger partial charge >= 0.3 is 12.0 Å². The van der Waals surface area contributed by atoms with Crippen molar-refractivity contribution >= 4 is 12.0 Å². The predicted molar refractivity (Wildman–Crippen MR) is 92.0 cm³/mol. The Morgan fingerprint density at radius 2 is 1.58 bits per heavy atom. The Labute approximate surface area is 140 Å². The zero-order chi connectivity index (χ0) is 17.0. The molecule has 1 unspecified atom stereocenters. The summed E-state index contributed by atoms with van der Waals surface area (Å²) < 4.78 is -0.684. The Balaban J connectivity index is 1.75. The van der Waals surface area contributed by atoms with E-state index in [4.69, 9.17) is 0 Å². The summed E-state index contributed by atoms with van der Waals surface area (Å²) in [4.78, 5) is 23.7. The number of hydrogen-bond donors (Lipinski definition) is 1. The van der Waals surface area contributed by atoms with Gasteiger partial charge in [-0.05, 0) is 28.8 Å². The molecule has 1 aliphatic heterocycles. The van der Waals surface area contributed by atoms with Gasteiger partial charge in [-0.3, -0.25) is 0 Å². The Bertz CT molecular complexity index is 807. The lowest BCUT2D eigenvalue weighted by molar-refractivity contribution is -0.725. The van der Waals surface area contributed by atoms with Crippen molar-refractivity contribution in [2.45, 2.75) is 6.42 Å². The third-order valence-corrected chi connectivity index (χ3v) is 4.24. The monoisotopic (exact) mass is 320 g/mol. The lowest BCUT2D eigenvalue weighted by atomic mass is 10.0. The van der Waals surface area contributed by atoms with Crippen LogP contribution in [0.15, 0.2) is 79.0 Å². The van der Waals surface area contributed by atoms with Crippen LogP contribution < -0.4 is 0 Å². The van der Waals surface area contributed by atoms with Crippen LogP contribution in [-0.2, 0) is 11.2 Å². The quantitative estimate of drug-likeness (QED) is 0.866. The molecule has 0 aromatic heterocycles. The molecule has 0 fully saturated rings. The third kappa shape index (κ3) is 3.05. The van der Waals surface area contributed by atoms with Crippen molar-refractivity contribution in [3.63, 3.8) is 0 Å². The maximum atomic E-state index is 12.1. The molecule has 1 N–H and O–H groups in total. The highest BCUT2D eigenvalue weighted by atomic mass is 16.4. The maximum Gasteiger partial charge on any atom is 0.526 e. The summed E-state index contributed by atoms with van der Waals surface area (Å²) in [6.07, 6.45) is 5.27. The number of carboxylic acid groups (broad SMARTS) is 1. The van der Waals surface area contributed by atoms with Gasteiger partial charge in [0.2, 0.25) is 0 Å². The van der Waals surface area contributed by atoms with Crippen LogP contribution in [0.25, 0.3) is 11.1 Å². The minimum Gasteiger partial charge on any atom is -0.435 e. The van der Waals surface area contributed by atoms with E-state index in [2.05, 4.69) is 0 Å². The summed E-state index contributed by atoms with van der Waals surface area (Å²) >= 11 is 0. The molecule has 0 bridgehead atoms. The summed E-state index contributed by atoms with van der Waals surface area (Å²) in [6.45, 7) is 0.194. The molecule has 0 radical (unpaired) electrons. The van der Waals surface area contributed by atoms with Crippen LogP contribution in [-0.4, -0.2) is 28.1 Å². The smallest absolute Gasteiger partial charge is 0.435 e. The van der Waals surface area contributed by atoms with Crippen LogP contribution in [0, 0.1) is 0 Å². The van der Waals surface area contributed by atoms with Gasteiger partial charge in [0.25, 0.3) is 0 Å². The Morgan fingerprint density at radius 3 is 2.21 bits per heavy atom. The molecule has 1 heterocycles. The highest BCUT2D eigenvalue weighted by Crippen LogP contribution is 2.21. The van der Waals surface area contributed by atoms with E-state index in [1.807, 2.05) is 54.6 Å². The number of benzene rings is 2. The maximum absolute atomic E-state index is 12.1. The molecule has 4 heteroatoms. The molecule has 0 saturated carbocycles. The number of imide groups is 1. The van der Waals surface area contributed by atoms with E-state index in [1.54, 1.807) is 12.2 Å². The first-order valence-corrected chi connectivity index (χ1v) is 7.78. The number of hydrogen-bond acceptors (Lipinski definition) is 2. The molecule has 0 aliphatic carbocycles. The fourth-order valence-electron chi connectivity index (χ4n) is 2.78. The van der Waals surface area contributed by atoms with Crippen LogP contribution in [0.3, 0.4) is 0 Å². The summed E-state index contributed by atoms with van der Waals surface area (Å²) in [5.41, 5.74) is 3.25. The van der Waals surface area contributed by atoms with Crippen molar-refractivity contribution in [2.24, 2.45) is 0 Å². The average Bonchev–Trinajstić information content (AvgIpc) is 2.62. The number of rotatable bonds is 4. The van der Waals surface area contributed by atoms with Gasteiger partial charge in [-0.15, -0.1) is 4.48 Å². The Hall–Kier alpha value is -2.98. The fraction of sp³-hybridized carbons (Fsp3) is 0.100. The van der Waals surface area contributed by atoms with Crippen LogP contribution >= 0.6 is 0 Å². The zero-order valence-electron chi connectivity index (χ0n) is 13.1. The predicted octanol–water partition coefficient (Wildman–Crippen LogP) is 4.00. The largest absolute Gasteiger partial charge is 0.526 e. The molecular formula is C20H18NO3+. The second kappa shape index (κ2) is 6.64. The van der Waals surface area contributed by atoms with Gasteiger partial charge in [0.05, 0.1) is 0 Å². The van der Waals surface area contributed by atoms with Crippen LogP contribution in [0.1, 0.15) is 5.56 Å². The van der Waals surface area contributed by atoms with Gasteiger partial charge < -0.3 is 5.11 Å². The molecule has 2 aromatic carbocycles. The number of carbonyl (C=O) groups is 2. The first-order valence-electron chi connectivity index (χ1n) is 7.78. The highest BCUT2D eigenvalue weighted by molar-refractivity contribution is 5.90. The van der Waals surface area contributed by atoms with E-state index in [1.165, 1.54) is 12.3 Å². The number of amides is 2. The van der Waals surface area contributed by atoms with Crippen molar-refractivity contribution in [1.82, 2.24) is 0 Å². The van der Waals surface area contributed by atoms with Crippen LogP contribution in [0.2, 0.25) is 0 Å². The molecule has 4 nitrogen and oxygen atoms in total. The lowest BCUT2D eigenvalue weighted by Crippen LogP contribution is -2.53. The number of allylic oxidation sites excluding steroid dienone is 2. The van der Waals surface area contributed by atoms with E-state index in [0.717, 1.165) is 16.7 Å². The Morgan fingerprint density at radius 1 is 0.917 bits per heavy atom. The van der Waals surface area contributed by atoms with Crippen molar-refractivity contribution in [1.29, 1.82) is 0 Å². The molecule has 0 saturated heterocycles. The molecule has 3 rings (SSSR count). The second-order valence-corrected chi connectivity index (χ2v) is 5.73. The SMILES string of the molecule is O=C(O)[N+]1(CCc2ccc(-c3ccccc3)cc2)C=CC=CC1=O. The van der Waals surface area contributed by atoms with Gasteiger partial charge in [-0.25, -0.2) is 4.79 Å². The minimum absolute atomic E-state index is 0.194. The van der Waals surface area contributed by atoms with Crippen molar-refractivity contribution in [3.8, 4) is 11.1 Å². The van der Waals surface area contributed by atoms with Gasteiger partial charge in [-0.2, -0.15) is 4.79 Å². The van der Waals surface area contributed by atoms with Crippen molar-refractivity contribution < 1.29 is 19.2 Å².